The molecule has 0 atom stereocenters. The highest BCUT2D eigenvalue weighted by Crippen LogP contribution is 2.23. The van der Waals surface area contributed by atoms with Gasteiger partial charge in [0.15, 0.2) is 6.61 Å². The van der Waals surface area contributed by atoms with Crippen LogP contribution >= 0.6 is 0 Å². The Hall–Kier alpha value is -3.93. The summed E-state index contributed by atoms with van der Waals surface area (Å²) in [6, 6.07) is 22.9. The average molecular weight is 430 g/mol. The zero-order chi connectivity index (χ0) is 22.5. The van der Waals surface area contributed by atoms with Gasteiger partial charge < -0.3 is 14.6 Å². The van der Waals surface area contributed by atoms with Crippen molar-refractivity contribution in [3.8, 4) is 5.75 Å². The minimum Gasteiger partial charge on any atom is -0.484 e. The van der Waals surface area contributed by atoms with Crippen molar-refractivity contribution in [3.05, 3.63) is 112 Å². The Kier molecular flexibility index (Phi) is 6.31. The molecule has 0 fully saturated rings. The molecule has 32 heavy (non-hydrogen) atoms. The fourth-order valence-electron chi connectivity index (χ4n) is 3.57. The SMILES string of the molecule is Cc1cc(=O)n(Cc2ccccc2F)c2cc(OCC(=O)NCc3ccccc3)ccc12. The minimum absolute atomic E-state index is 0.100. The van der Waals surface area contributed by atoms with Gasteiger partial charge in [-0.25, -0.2) is 4.39 Å². The van der Waals surface area contributed by atoms with E-state index in [-0.39, 0.29) is 30.4 Å². The van der Waals surface area contributed by atoms with Gasteiger partial charge in [0.05, 0.1) is 12.1 Å². The van der Waals surface area contributed by atoms with Crippen LogP contribution in [0, 0.1) is 12.7 Å². The number of halogens is 1. The second-order valence-electron chi connectivity index (χ2n) is 7.57. The molecule has 4 aromatic rings. The number of aromatic nitrogens is 1. The minimum atomic E-state index is -0.365. The van der Waals surface area contributed by atoms with Gasteiger partial charge in [-0.1, -0.05) is 48.5 Å². The molecule has 0 saturated heterocycles. The quantitative estimate of drug-likeness (QED) is 0.478. The fourth-order valence-corrected chi connectivity index (χ4v) is 3.57. The number of hydrogen-bond acceptors (Lipinski definition) is 3. The molecule has 0 aliphatic carbocycles. The number of pyridine rings is 1. The number of fused-ring (bicyclic) bond motifs is 1. The molecule has 0 saturated carbocycles. The van der Waals surface area contributed by atoms with Crippen LogP contribution in [-0.4, -0.2) is 17.1 Å². The predicted octanol–water partition coefficient (Wildman–Crippen LogP) is 4.19. The summed E-state index contributed by atoms with van der Waals surface area (Å²) in [5.74, 6) is -0.155. The molecule has 0 unspecified atom stereocenters. The molecule has 1 heterocycles. The molecular weight excluding hydrogens is 407 g/mol. The first-order valence-electron chi connectivity index (χ1n) is 10.3. The number of rotatable bonds is 7. The Morgan fingerprint density at radius 1 is 1.00 bits per heavy atom. The van der Waals surface area contributed by atoms with Crippen molar-refractivity contribution in [3.63, 3.8) is 0 Å². The number of nitrogens with one attached hydrogen (secondary N) is 1. The van der Waals surface area contributed by atoms with Crippen molar-refractivity contribution in [2.24, 2.45) is 0 Å². The van der Waals surface area contributed by atoms with Crippen molar-refractivity contribution < 1.29 is 13.9 Å². The molecule has 4 rings (SSSR count). The molecule has 3 aromatic carbocycles. The van der Waals surface area contributed by atoms with Gasteiger partial charge in [0.25, 0.3) is 11.5 Å². The monoisotopic (exact) mass is 430 g/mol. The third-order valence-electron chi connectivity index (χ3n) is 5.28. The summed E-state index contributed by atoms with van der Waals surface area (Å²) in [4.78, 5) is 24.9. The number of amides is 1. The topological polar surface area (TPSA) is 60.3 Å². The van der Waals surface area contributed by atoms with E-state index in [4.69, 9.17) is 4.74 Å². The maximum atomic E-state index is 14.2. The number of nitrogens with zero attached hydrogens (tertiary/aromatic N) is 1. The van der Waals surface area contributed by atoms with E-state index in [9.17, 15) is 14.0 Å². The van der Waals surface area contributed by atoms with Crippen LogP contribution in [-0.2, 0) is 17.9 Å². The fraction of sp³-hybridized carbons (Fsp3) is 0.154. The van der Waals surface area contributed by atoms with Crippen LogP contribution in [0.15, 0.2) is 83.7 Å². The third-order valence-corrected chi connectivity index (χ3v) is 5.28. The van der Waals surface area contributed by atoms with Crippen molar-refractivity contribution >= 4 is 16.8 Å². The van der Waals surface area contributed by atoms with Gasteiger partial charge in [-0.05, 0) is 36.2 Å². The Labute approximate surface area is 185 Å². The van der Waals surface area contributed by atoms with E-state index < -0.39 is 0 Å². The van der Waals surface area contributed by atoms with Gasteiger partial charge in [0, 0.05) is 29.6 Å². The second kappa shape index (κ2) is 9.47. The molecule has 0 radical (unpaired) electrons. The molecule has 1 N–H and O–H groups in total. The normalized spacial score (nSPS) is 10.8. The Balaban J connectivity index is 1.54. The van der Waals surface area contributed by atoms with Crippen LogP contribution in [0.2, 0.25) is 0 Å². The van der Waals surface area contributed by atoms with E-state index in [0.29, 0.717) is 23.4 Å². The summed E-state index contributed by atoms with van der Waals surface area (Å²) in [7, 11) is 0. The summed E-state index contributed by atoms with van der Waals surface area (Å²) < 4.78 is 21.4. The zero-order valence-corrected chi connectivity index (χ0v) is 17.7. The largest absolute Gasteiger partial charge is 0.484 e. The lowest BCUT2D eigenvalue weighted by Crippen LogP contribution is -2.28. The van der Waals surface area contributed by atoms with Gasteiger partial charge in [0.2, 0.25) is 0 Å². The average Bonchev–Trinajstić information content (AvgIpc) is 2.80. The highest BCUT2D eigenvalue weighted by molar-refractivity contribution is 5.84. The summed E-state index contributed by atoms with van der Waals surface area (Å²) in [5.41, 5.74) is 2.64. The van der Waals surface area contributed by atoms with Crippen LogP contribution < -0.4 is 15.6 Å². The summed E-state index contributed by atoms with van der Waals surface area (Å²) in [5, 5.41) is 3.68. The van der Waals surface area contributed by atoms with E-state index in [1.165, 1.54) is 10.6 Å². The highest BCUT2D eigenvalue weighted by atomic mass is 19.1. The van der Waals surface area contributed by atoms with Crippen LogP contribution in [0.4, 0.5) is 4.39 Å². The van der Waals surface area contributed by atoms with E-state index in [2.05, 4.69) is 5.32 Å². The Morgan fingerprint density at radius 3 is 2.53 bits per heavy atom. The van der Waals surface area contributed by atoms with E-state index in [1.54, 1.807) is 36.4 Å². The summed E-state index contributed by atoms with van der Waals surface area (Å²) in [6.07, 6.45) is 0. The maximum absolute atomic E-state index is 14.2. The van der Waals surface area contributed by atoms with Gasteiger partial charge in [-0.2, -0.15) is 0 Å². The van der Waals surface area contributed by atoms with Gasteiger partial charge in [-0.3, -0.25) is 9.59 Å². The van der Waals surface area contributed by atoms with E-state index >= 15 is 0 Å². The molecular formula is C26H23FN2O3. The summed E-state index contributed by atoms with van der Waals surface area (Å²) >= 11 is 0. The third kappa shape index (κ3) is 4.86. The van der Waals surface area contributed by atoms with Crippen molar-refractivity contribution in [1.82, 2.24) is 9.88 Å². The standard InChI is InChI=1S/C26H23FN2O3/c1-18-13-26(31)29(16-20-9-5-6-10-23(20)27)24-14-21(11-12-22(18)24)32-17-25(30)28-15-19-7-3-2-4-8-19/h2-14H,15-17H2,1H3,(H,28,30). The predicted molar refractivity (Wildman–Crippen MR) is 122 cm³/mol. The number of benzene rings is 3. The molecule has 0 aliphatic rings. The van der Waals surface area contributed by atoms with Gasteiger partial charge >= 0.3 is 0 Å². The number of aryl methyl sites for hydroxylation is 1. The lowest BCUT2D eigenvalue weighted by atomic mass is 10.1. The molecule has 0 bridgehead atoms. The molecule has 1 aromatic heterocycles. The van der Waals surface area contributed by atoms with Crippen molar-refractivity contribution in [2.75, 3.05) is 6.61 Å². The smallest absolute Gasteiger partial charge is 0.258 e. The first kappa shape index (κ1) is 21.3. The lowest BCUT2D eigenvalue weighted by Gasteiger charge is -2.14. The van der Waals surface area contributed by atoms with E-state index in [0.717, 1.165) is 16.5 Å². The van der Waals surface area contributed by atoms with Gasteiger partial charge in [-0.15, -0.1) is 0 Å². The van der Waals surface area contributed by atoms with Crippen LogP contribution in [0.3, 0.4) is 0 Å². The van der Waals surface area contributed by atoms with Crippen LogP contribution in [0.1, 0.15) is 16.7 Å². The summed E-state index contributed by atoms with van der Waals surface area (Å²) in [6.45, 7) is 2.22. The molecule has 162 valence electrons. The number of carbonyl (C=O) groups excluding carboxylic acids is 1. The van der Waals surface area contributed by atoms with E-state index in [1.807, 2.05) is 43.3 Å². The molecule has 0 aliphatic heterocycles. The van der Waals surface area contributed by atoms with Crippen molar-refractivity contribution in [2.45, 2.75) is 20.0 Å². The molecule has 0 spiro atoms. The number of carbonyl (C=O) groups is 1. The number of ether oxygens (including phenoxy) is 1. The second-order valence-corrected chi connectivity index (χ2v) is 7.57. The molecule has 5 nitrogen and oxygen atoms in total. The van der Waals surface area contributed by atoms with Crippen LogP contribution in [0.25, 0.3) is 10.9 Å². The maximum Gasteiger partial charge on any atom is 0.258 e. The molecule has 1 amide bonds. The first-order chi connectivity index (χ1) is 15.5. The Bertz CT molecular complexity index is 1320. The first-order valence-corrected chi connectivity index (χ1v) is 10.3. The van der Waals surface area contributed by atoms with Crippen LogP contribution in [0.5, 0.6) is 5.75 Å². The van der Waals surface area contributed by atoms with Gasteiger partial charge in [0.1, 0.15) is 11.6 Å². The Morgan fingerprint density at radius 2 is 1.75 bits per heavy atom. The zero-order valence-electron chi connectivity index (χ0n) is 17.7. The number of hydrogen-bond donors (Lipinski definition) is 1. The molecule has 6 heteroatoms. The lowest BCUT2D eigenvalue weighted by molar-refractivity contribution is -0.123. The van der Waals surface area contributed by atoms with Crippen molar-refractivity contribution in [1.29, 1.82) is 0 Å². The highest BCUT2D eigenvalue weighted by Gasteiger charge is 2.11.